The molecule has 1 rings (SSSR count). The van der Waals surface area contributed by atoms with Crippen LogP contribution in [0.25, 0.3) is 0 Å². The Labute approximate surface area is 92.2 Å². The number of methoxy groups -OCH3 is 1. The highest BCUT2D eigenvalue weighted by Crippen LogP contribution is 2.15. The molecule has 0 atom stereocenters. The number of aryl methyl sites for hydroxylation is 1. The fourth-order valence-electron chi connectivity index (χ4n) is 1.53. The van der Waals surface area contributed by atoms with E-state index in [9.17, 15) is 0 Å². The lowest BCUT2D eigenvalue weighted by Crippen LogP contribution is -2.24. The lowest BCUT2D eigenvalue weighted by Gasteiger charge is -2.23. The standard InChI is InChI=1S/C12H22N2O/c1-12(2,15-3)7-10-14-9-4-5-11(14)6-8-13/h4-5,9H,6-8,10,13H2,1-3H3. The van der Waals surface area contributed by atoms with Crippen molar-refractivity contribution >= 4 is 0 Å². The molecule has 1 heterocycles. The van der Waals surface area contributed by atoms with Gasteiger partial charge < -0.3 is 15.0 Å². The third-order valence-electron chi connectivity index (χ3n) is 2.83. The predicted octanol–water partition coefficient (Wildman–Crippen LogP) is 1.80. The van der Waals surface area contributed by atoms with Gasteiger partial charge in [-0.2, -0.15) is 0 Å². The maximum atomic E-state index is 5.56. The topological polar surface area (TPSA) is 40.2 Å². The van der Waals surface area contributed by atoms with Crippen molar-refractivity contribution in [3.8, 4) is 0 Å². The van der Waals surface area contributed by atoms with Crippen LogP contribution in [-0.2, 0) is 17.7 Å². The van der Waals surface area contributed by atoms with Crippen LogP contribution in [0, 0.1) is 0 Å². The van der Waals surface area contributed by atoms with E-state index in [2.05, 4.69) is 36.7 Å². The molecule has 0 bridgehead atoms. The zero-order chi connectivity index (χ0) is 11.3. The van der Waals surface area contributed by atoms with Crippen LogP contribution in [0.2, 0.25) is 0 Å². The second kappa shape index (κ2) is 5.33. The molecule has 86 valence electrons. The van der Waals surface area contributed by atoms with Crippen LogP contribution in [0.15, 0.2) is 18.3 Å². The first kappa shape index (κ1) is 12.3. The summed E-state index contributed by atoms with van der Waals surface area (Å²) < 4.78 is 7.66. The molecule has 0 saturated carbocycles. The number of rotatable bonds is 6. The molecule has 0 saturated heterocycles. The smallest absolute Gasteiger partial charge is 0.0639 e. The second-order valence-electron chi connectivity index (χ2n) is 4.45. The molecular weight excluding hydrogens is 188 g/mol. The van der Waals surface area contributed by atoms with E-state index in [-0.39, 0.29) is 5.60 Å². The Morgan fingerprint density at radius 2 is 2.20 bits per heavy atom. The predicted molar refractivity (Wildman–Crippen MR) is 62.9 cm³/mol. The maximum absolute atomic E-state index is 5.56. The van der Waals surface area contributed by atoms with Crippen LogP contribution in [0.4, 0.5) is 0 Å². The maximum Gasteiger partial charge on any atom is 0.0639 e. The van der Waals surface area contributed by atoms with Crippen molar-refractivity contribution in [3.05, 3.63) is 24.0 Å². The van der Waals surface area contributed by atoms with Gasteiger partial charge in [0.2, 0.25) is 0 Å². The number of nitrogens with two attached hydrogens (primary N) is 1. The molecule has 0 aliphatic heterocycles. The van der Waals surface area contributed by atoms with Gasteiger partial charge in [-0.05, 0) is 45.4 Å². The number of ether oxygens (including phenoxy) is 1. The molecule has 1 aromatic heterocycles. The largest absolute Gasteiger partial charge is 0.379 e. The summed E-state index contributed by atoms with van der Waals surface area (Å²) in [7, 11) is 1.76. The van der Waals surface area contributed by atoms with E-state index in [4.69, 9.17) is 10.5 Å². The van der Waals surface area contributed by atoms with Gasteiger partial charge in [-0.3, -0.25) is 0 Å². The van der Waals surface area contributed by atoms with Crippen LogP contribution < -0.4 is 5.73 Å². The Kier molecular flexibility index (Phi) is 4.36. The third-order valence-corrected chi connectivity index (χ3v) is 2.83. The van der Waals surface area contributed by atoms with E-state index < -0.39 is 0 Å². The highest BCUT2D eigenvalue weighted by molar-refractivity contribution is 5.07. The van der Waals surface area contributed by atoms with E-state index in [1.807, 2.05) is 0 Å². The normalized spacial score (nSPS) is 12.0. The van der Waals surface area contributed by atoms with Gasteiger partial charge in [0, 0.05) is 25.5 Å². The molecule has 0 unspecified atom stereocenters. The van der Waals surface area contributed by atoms with Crippen molar-refractivity contribution in [3.63, 3.8) is 0 Å². The third kappa shape index (κ3) is 3.68. The van der Waals surface area contributed by atoms with E-state index in [1.54, 1.807) is 7.11 Å². The molecule has 0 spiro atoms. The van der Waals surface area contributed by atoms with E-state index >= 15 is 0 Å². The number of hydrogen-bond donors (Lipinski definition) is 1. The van der Waals surface area contributed by atoms with Crippen LogP contribution in [0.3, 0.4) is 0 Å². The molecular formula is C12H22N2O. The second-order valence-corrected chi connectivity index (χ2v) is 4.45. The van der Waals surface area contributed by atoms with Gasteiger partial charge in [0.15, 0.2) is 0 Å². The highest BCUT2D eigenvalue weighted by atomic mass is 16.5. The zero-order valence-corrected chi connectivity index (χ0v) is 9.99. The summed E-state index contributed by atoms with van der Waals surface area (Å²) in [4.78, 5) is 0. The van der Waals surface area contributed by atoms with Gasteiger partial charge in [-0.25, -0.2) is 0 Å². The first-order valence-electron chi connectivity index (χ1n) is 5.48. The number of aromatic nitrogens is 1. The summed E-state index contributed by atoms with van der Waals surface area (Å²) in [5, 5.41) is 0. The molecule has 0 aliphatic carbocycles. The van der Waals surface area contributed by atoms with Gasteiger partial charge in [0.25, 0.3) is 0 Å². The molecule has 3 nitrogen and oxygen atoms in total. The van der Waals surface area contributed by atoms with Gasteiger partial charge in [0.1, 0.15) is 0 Å². The molecule has 3 heteroatoms. The number of hydrogen-bond acceptors (Lipinski definition) is 2. The quantitative estimate of drug-likeness (QED) is 0.778. The Morgan fingerprint density at radius 3 is 2.80 bits per heavy atom. The minimum atomic E-state index is -0.0513. The minimum absolute atomic E-state index is 0.0513. The first-order valence-corrected chi connectivity index (χ1v) is 5.48. The zero-order valence-electron chi connectivity index (χ0n) is 9.99. The van der Waals surface area contributed by atoms with E-state index in [0.717, 1.165) is 19.4 Å². The summed E-state index contributed by atoms with van der Waals surface area (Å²) in [6, 6.07) is 4.21. The van der Waals surface area contributed by atoms with E-state index in [0.29, 0.717) is 6.54 Å². The minimum Gasteiger partial charge on any atom is -0.379 e. The summed E-state index contributed by atoms with van der Waals surface area (Å²) in [5.74, 6) is 0. The number of nitrogens with zero attached hydrogens (tertiary/aromatic N) is 1. The monoisotopic (exact) mass is 210 g/mol. The molecule has 2 N–H and O–H groups in total. The van der Waals surface area contributed by atoms with Crippen molar-refractivity contribution < 1.29 is 4.74 Å². The molecule has 1 aromatic rings. The molecule has 0 aliphatic rings. The lowest BCUT2D eigenvalue weighted by molar-refractivity contribution is 0.0119. The fraction of sp³-hybridized carbons (Fsp3) is 0.667. The average molecular weight is 210 g/mol. The van der Waals surface area contributed by atoms with Crippen LogP contribution >= 0.6 is 0 Å². The Hall–Kier alpha value is -0.800. The molecule has 0 fully saturated rings. The van der Waals surface area contributed by atoms with Gasteiger partial charge >= 0.3 is 0 Å². The van der Waals surface area contributed by atoms with Crippen LogP contribution in [0.5, 0.6) is 0 Å². The van der Waals surface area contributed by atoms with Crippen LogP contribution in [0.1, 0.15) is 26.0 Å². The summed E-state index contributed by atoms with van der Waals surface area (Å²) in [5.41, 5.74) is 6.82. The van der Waals surface area contributed by atoms with Crippen molar-refractivity contribution in [1.82, 2.24) is 4.57 Å². The Bertz CT molecular complexity index is 292. The Balaban J connectivity index is 2.53. The van der Waals surface area contributed by atoms with Crippen molar-refractivity contribution in [2.75, 3.05) is 13.7 Å². The average Bonchev–Trinajstić information content (AvgIpc) is 2.64. The molecule has 0 amide bonds. The summed E-state index contributed by atoms with van der Waals surface area (Å²) in [6.07, 6.45) is 4.06. The van der Waals surface area contributed by atoms with E-state index in [1.165, 1.54) is 5.69 Å². The van der Waals surface area contributed by atoms with Gasteiger partial charge in [-0.15, -0.1) is 0 Å². The van der Waals surface area contributed by atoms with Crippen molar-refractivity contribution in [2.24, 2.45) is 5.73 Å². The lowest BCUT2D eigenvalue weighted by atomic mass is 10.1. The first-order chi connectivity index (χ1) is 7.09. The Morgan fingerprint density at radius 1 is 1.47 bits per heavy atom. The summed E-state index contributed by atoms with van der Waals surface area (Å²) >= 11 is 0. The SMILES string of the molecule is COC(C)(C)CCn1cccc1CCN. The molecule has 0 aromatic carbocycles. The van der Waals surface area contributed by atoms with Crippen molar-refractivity contribution in [2.45, 2.75) is 38.8 Å². The molecule has 15 heavy (non-hydrogen) atoms. The summed E-state index contributed by atoms with van der Waals surface area (Å²) in [6.45, 7) is 5.92. The highest BCUT2D eigenvalue weighted by Gasteiger charge is 2.16. The van der Waals surface area contributed by atoms with Crippen LogP contribution in [-0.4, -0.2) is 23.8 Å². The van der Waals surface area contributed by atoms with Crippen molar-refractivity contribution in [1.29, 1.82) is 0 Å². The molecule has 0 radical (unpaired) electrons. The van der Waals surface area contributed by atoms with Gasteiger partial charge in [-0.1, -0.05) is 0 Å². The fourth-order valence-corrected chi connectivity index (χ4v) is 1.53. The van der Waals surface area contributed by atoms with Gasteiger partial charge in [0.05, 0.1) is 5.60 Å².